The number of hydrogen-bond acceptors (Lipinski definition) is 4. The van der Waals surface area contributed by atoms with Crippen molar-refractivity contribution in [2.45, 2.75) is 25.3 Å². The van der Waals surface area contributed by atoms with Gasteiger partial charge in [-0.2, -0.15) is 0 Å². The number of amides is 1. The third-order valence-electron chi connectivity index (χ3n) is 5.23. The van der Waals surface area contributed by atoms with Crippen molar-refractivity contribution in [1.82, 2.24) is 14.9 Å². The fourth-order valence-electron chi connectivity index (χ4n) is 3.96. The Morgan fingerprint density at radius 3 is 3.15 bits per heavy atom. The van der Waals surface area contributed by atoms with Gasteiger partial charge in [-0.25, -0.2) is 4.98 Å². The first-order valence-corrected chi connectivity index (χ1v) is 8.89. The number of benzene rings is 1. The number of ether oxygens (including phenoxy) is 2. The molecule has 1 N–H and O–H groups in total. The first kappa shape index (κ1) is 15.3. The van der Waals surface area contributed by atoms with Crippen molar-refractivity contribution in [3.8, 4) is 11.5 Å². The summed E-state index contributed by atoms with van der Waals surface area (Å²) in [6.07, 6.45) is 6.01. The van der Waals surface area contributed by atoms with Crippen molar-refractivity contribution < 1.29 is 14.3 Å². The van der Waals surface area contributed by atoms with E-state index < -0.39 is 0 Å². The minimum Gasteiger partial charge on any atom is -0.454 e. The molecule has 0 unspecified atom stereocenters. The largest absolute Gasteiger partial charge is 0.454 e. The molecule has 1 fully saturated rings. The normalized spacial score (nSPS) is 18.6. The summed E-state index contributed by atoms with van der Waals surface area (Å²) < 4.78 is 10.9. The third kappa shape index (κ3) is 2.49. The molecule has 5 rings (SSSR count). The number of fused-ring (bicyclic) bond motifs is 2. The zero-order chi connectivity index (χ0) is 17.5. The summed E-state index contributed by atoms with van der Waals surface area (Å²) >= 11 is 0. The quantitative estimate of drug-likeness (QED) is 0.788. The van der Waals surface area contributed by atoms with E-state index in [1.165, 1.54) is 0 Å². The van der Waals surface area contributed by atoms with Crippen LogP contribution in [-0.2, 0) is 11.2 Å². The molecule has 1 atom stereocenters. The highest BCUT2D eigenvalue weighted by Crippen LogP contribution is 2.39. The number of nitrogens with one attached hydrogen (secondary N) is 1. The lowest BCUT2D eigenvalue weighted by Gasteiger charge is -2.25. The molecule has 2 aromatic heterocycles. The van der Waals surface area contributed by atoms with Crippen molar-refractivity contribution in [3.63, 3.8) is 0 Å². The van der Waals surface area contributed by atoms with Gasteiger partial charge in [-0.05, 0) is 48.2 Å². The Labute approximate surface area is 150 Å². The Morgan fingerprint density at radius 1 is 1.27 bits per heavy atom. The van der Waals surface area contributed by atoms with Crippen LogP contribution >= 0.6 is 0 Å². The van der Waals surface area contributed by atoms with Gasteiger partial charge in [-0.15, -0.1) is 0 Å². The second-order valence-corrected chi connectivity index (χ2v) is 6.75. The SMILES string of the molecule is O=C(Cc1c[nH]c2ncccc12)N1CCC[C@@H]1c1ccc2c(c1)OCO2. The van der Waals surface area contributed by atoms with Crippen LogP contribution in [-0.4, -0.2) is 34.1 Å². The van der Waals surface area contributed by atoms with E-state index in [1.54, 1.807) is 6.20 Å². The minimum atomic E-state index is 0.0975. The smallest absolute Gasteiger partial charge is 0.231 e. The zero-order valence-electron chi connectivity index (χ0n) is 14.3. The van der Waals surface area contributed by atoms with Crippen molar-refractivity contribution >= 4 is 16.9 Å². The van der Waals surface area contributed by atoms with Gasteiger partial charge in [0.2, 0.25) is 12.7 Å². The van der Waals surface area contributed by atoms with Crippen molar-refractivity contribution in [1.29, 1.82) is 0 Å². The molecule has 3 aromatic rings. The Bertz CT molecular complexity index is 981. The van der Waals surface area contributed by atoms with Gasteiger partial charge >= 0.3 is 0 Å². The molecule has 1 aromatic carbocycles. The van der Waals surface area contributed by atoms with Crippen LogP contribution in [0.1, 0.15) is 30.0 Å². The number of hydrogen-bond donors (Lipinski definition) is 1. The molecule has 132 valence electrons. The summed E-state index contributed by atoms with van der Waals surface area (Å²) in [7, 11) is 0. The van der Waals surface area contributed by atoms with Gasteiger partial charge in [0, 0.05) is 24.3 Å². The first-order valence-electron chi connectivity index (χ1n) is 8.89. The van der Waals surface area contributed by atoms with Crippen LogP contribution < -0.4 is 9.47 Å². The van der Waals surface area contributed by atoms with E-state index in [4.69, 9.17) is 9.47 Å². The fourth-order valence-corrected chi connectivity index (χ4v) is 3.96. The van der Waals surface area contributed by atoms with E-state index in [0.29, 0.717) is 6.42 Å². The lowest BCUT2D eigenvalue weighted by molar-refractivity contribution is -0.131. The Balaban J connectivity index is 1.39. The zero-order valence-corrected chi connectivity index (χ0v) is 14.3. The topological polar surface area (TPSA) is 67.5 Å². The summed E-state index contributed by atoms with van der Waals surface area (Å²) in [5.41, 5.74) is 2.93. The third-order valence-corrected chi connectivity index (χ3v) is 5.23. The standard InChI is InChI=1S/C20H19N3O3/c24-19(10-14-11-22-20-15(14)3-1-7-21-20)23-8-2-4-16(23)13-5-6-17-18(9-13)26-12-25-17/h1,3,5-7,9,11,16H,2,4,8,10,12H2,(H,21,22)/t16-/m1/s1. The molecule has 6 nitrogen and oxygen atoms in total. The molecule has 2 aliphatic heterocycles. The van der Waals surface area contributed by atoms with Crippen LogP contribution in [0.2, 0.25) is 0 Å². The Hall–Kier alpha value is -3.02. The number of likely N-dealkylation sites (tertiary alicyclic amines) is 1. The summed E-state index contributed by atoms with van der Waals surface area (Å²) in [4.78, 5) is 22.4. The number of rotatable bonds is 3. The van der Waals surface area contributed by atoms with Crippen molar-refractivity contribution in [2.75, 3.05) is 13.3 Å². The van der Waals surface area contributed by atoms with Crippen LogP contribution in [0, 0.1) is 0 Å². The van der Waals surface area contributed by atoms with Gasteiger partial charge < -0.3 is 19.4 Å². The maximum atomic E-state index is 13.0. The van der Waals surface area contributed by atoms with Crippen LogP contribution in [0.25, 0.3) is 11.0 Å². The number of aromatic amines is 1. The summed E-state index contributed by atoms with van der Waals surface area (Å²) in [6.45, 7) is 1.05. The molecule has 4 heterocycles. The van der Waals surface area contributed by atoms with E-state index in [0.717, 1.165) is 53.0 Å². The van der Waals surface area contributed by atoms with Crippen LogP contribution in [0.15, 0.2) is 42.7 Å². The number of H-pyrrole nitrogens is 1. The van der Waals surface area contributed by atoms with E-state index in [9.17, 15) is 4.79 Å². The maximum absolute atomic E-state index is 13.0. The molecule has 0 radical (unpaired) electrons. The lowest BCUT2D eigenvalue weighted by Crippen LogP contribution is -2.31. The number of aromatic nitrogens is 2. The molecule has 0 saturated carbocycles. The number of carbonyl (C=O) groups is 1. The fraction of sp³-hybridized carbons (Fsp3) is 0.300. The number of pyridine rings is 1. The summed E-state index contributed by atoms with van der Waals surface area (Å²) in [5.74, 6) is 1.69. The highest BCUT2D eigenvalue weighted by Gasteiger charge is 2.31. The molecule has 1 saturated heterocycles. The number of nitrogens with zero attached hydrogens (tertiary/aromatic N) is 2. The molecule has 2 aliphatic rings. The Morgan fingerprint density at radius 2 is 2.19 bits per heavy atom. The molecule has 6 heteroatoms. The van der Waals surface area contributed by atoms with Gasteiger partial charge in [0.25, 0.3) is 0 Å². The van der Waals surface area contributed by atoms with Gasteiger partial charge in [-0.3, -0.25) is 4.79 Å². The highest BCUT2D eigenvalue weighted by atomic mass is 16.7. The van der Waals surface area contributed by atoms with E-state index >= 15 is 0 Å². The number of carbonyl (C=O) groups excluding carboxylic acids is 1. The van der Waals surface area contributed by atoms with Crippen LogP contribution in [0.4, 0.5) is 0 Å². The van der Waals surface area contributed by atoms with Gasteiger partial charge in [-0.1, -0.05) is 6.07 Å². The maximum Gasteiger partial charge on any atom is 0.231 e. The summed E-state index contributed by atoms with van der Waals surface area (Å²) in [5, 5.41) is 1.01. The van der Waals surface area contributed by atoms with E-state index in [1.807, 2.05) is 41.4 Å². The molecule has 0 aliphatic carbocycles. The average Bonchev–Trinajstić information content (AvgIpc) is 3.40. The van der Waals surface area contributed by atoms with Gasteiger partial charge in [0.1, 0.15) is 5.65 Å². The first-order chi connectivity index (χ1) is 12.8. The lowest BCUT2D eigenvalue weighted by atomic mass is 10.0. The minimum absolute atomic E-state index is 0.0975. The van der Waals surface area contributed by atoms with Gasteiger partial charge in [0.15, 0.2) is 11.5 Å². The van der Waals surface area contributed by atoms with Crippen LogP contribution in [0.3, 0.4) is 0 Å². The molecular formula is C20H19N3O3. The predicted octanol–water partition coefficient (Wildman–Crippen LogP) is 3.20. The molecule has 26 heavy (non-hydrogen) atoms. The second-order valence-electron chi connectivity index (χ2n) is 6.75. The van der Waals surface area contributed by atoms with E-state index in [-0.39, 0.29) is 18.7 Å². The predicted molar refractivity (Wildman–Crippen MR) is 96.1 cm³/mol. The Kier molecular flexibility index (Phi) is 3.55. The van der Waals surface area contributed by atoms with Gasteiger partial charge in [0.05, 0.1) is 12.5 Å². The summed E-state index contributed by atoms with van der Waals surface area (Å²) in [6, 6.07) is 9.98. The molecular weight excluding hydrogens is 330 g/mol. The van der Waals surface area contributed by atoms with Crippen molar-refractivity contribution in [2.24, 2.45) is 0 Å². The highest BCUT2D eigenvalue weighted by molar-refractivity contribution is 5.87. The van der Waals surface area contributed by atoms with Crippen molar-refractivity contribution in [3.05, 3.63) is 53.9 Å². The average molecular weight is 349 g/mol. The monoisotopic (exact) mass is 349 g/mol. The van der Waals surface area contributed by atoms with E-state index in [2.05, 4.69) is 9.97 Å². The molecule has 1 amide bonds. The molecule has 0 spiro atoms. The second kappa shape index (κ2) is 6.05. The molecule has 0 bridgehead atoms. The van der Waals surface area contributed by atoms with Crippen LogP contribution in [0.5, 0.6) is 11.5 Å².